The quantitative estimate of drug-likeness (QED) is 0.711. The number of likely N-dealkylation sites (N-methyl/N-ethyl adjacent to an activating group) is 1. The number of hydrogen-bond donors (Lipinski definition) is 2. The maximum Gasteiger partial charge on any atom is 0.0640 e. The Kier molecular flexibility index (Phi) is 6.32. The second-order valence-electron chi connectivity index (χ2n) is 5.24. The SMILES string of the molecule is CC(C)C(CNCc1cnn(CCO)c1)N(C)C. The molecule has 0 bridgehead atoms. The van der Waals surface area contributed by atoms with Crippen LogP contribution in [0.2, 0.25) is 0 Å². The van der Waals surface area contributed by atoms with Crippen molar-refractivity contribution in [2.24, 2.45) is 5.92 Å². The molecule has 0 fully saturated rings. The third-order valence-corrected chi connectivity index (χ3v) is 3.13. The van der Waals surface area contributed by atoms with Crippen LogP contribution in [0, 0.1) is 5.92 Å². The molecule has 1 heterocycles. The molecule has 1 unspecified atom stereocenters. The molecule has 0 saturated carbocycles. The van der Waals surface area contributed by atoms with Gasteiger partial charge < -0.3 is 15.3 Å². The third-order valence-electron chi connectivity index (χ3n) is 3.13. The zero-order chi connectivity index (χ0) is 13.5. The standard InChI is InChI=1S/C13H26N4O/c1-11(2)13(16(3)4)9-14-7-12-8-15-17(10-12)5-6-18/h8,10-11,13-14,18H,5-7,9H2,1-4H3. The topological polar surface area (TPSA) is 53.3 Å². The molecule has 0 aliphatic rings. The molecule has 1 rings (SSSR count). The summed E-state index contributed by atoms with van der Waals surface area (Å²) in [7, 11) is 4.23. The Labute approximate surface area is 110 Å². The first-order valence-corrected chi connectivity index (χ1v) is 6.54. The zero-order valence-electron chi connectivity index (χ0n) is 11.9. The van der Waals surface area contributed by atoms with Crippen LogP contribution in [0.5, 0.6) is 0 Å². The van der Waals surface area contributed by atoms with E-state index in [4.69, 9.17) is 5.11 Å². The fourth-order valence-corrected chi connectivity index (χ4v) is 2.10. The molecule has 18 heavy (non-hydrogen) atoms. The van der Waals surface area contributed by atoms with E-state index in [-0.39, 0.29) is 6.61 Å². The van der Waals surface area contributed by atoms with Crippen molar-refractivity contribution in [2.75, 3.05) is 27.2 Å². The number of hydrogen-bond acceptors (Lipinski definition) is 4. The molecule has 1 atom stereocenters. The van der Waals surface area contributed by atoms with Crippen molar-refractivity contribution in [1.29, 1.82) is 0 Å². The van der Waals surface area contributed by atoms with Gasteiger partial charge in [-0.1, -0.05) is 13.8 Å². The average Bonchev–Trinajstić information content (AvgIpc) is 2.71. The van der Waals surface area contributed by atoms with Crippen molar-refractivity contribution in [1.82, 2.24) is 20.0 Å². The maximum absolute atomic E-state index is 8.82. The van der Waals surface area contributed by atoms with Gasteiger partial charge in [0.1, 0.15) is 0 Å². The second kappa shape index (κ2) is 7.51. The molecule has 0 aromatic carbocycles. The van der Waals surface area contributed by atoms with E-state index in [1.165, 1.54) is 0 Å². The van der Waals surface area contributed by atoms with Crippen molar-refractivity contribution in [3.63, 3.8) is 0 Å². The molecule has 0 saturated heterocycles. The van der Waals surface area contributed by atoms with Gasteiger partial charge in [0, 0.05) is 30.9 Å². The van der Waals surface area contributed by atoms with Gasteiger partial charge in [-0.3, -0.25) is 4.68 Å². The highest BCUT2D eigenvalue weighted by Crippen LogP contribution is 2.06. The normalized spacial score (nSPS) is 13.5. The average molecular weight is 254 g/mol. The predicted molar refractivity (Wildman–Crippen MR) is 73.3 cm³/mol. The smallest absolute Gasteiger partial charge is 0.0640 e. The Hall–Kier alpha value is -0.910. The number of rotatable bonds is 8. The van der Waals surface area contributed by atoms with Gasteiger partial charge in [-0.15, -0.1) is 0 Å². The van der Waals surface area contributed by atoms with E-state index in [0.29, 0.717) is 18.5 Å². The number of aromatic nitrogens is 2. The summed E-state index contributed by atoms with van der Waals surface area (Å²) in [5, 5.41) is 16.5. The lowest BCUT2D eigenvalue weighted by molar-refractivity contribution is 0.224. The Morgan fingerprint density at radius 2 is 2.17 bits per heavy atom. The summed E-state index contributed by atoms with van der Waals surface area (Å²) >= 11 is 0. The highest BCUT2D eigenvalue weighted by atomic mass is 16.3. The lowest BCUT2D eigenvalue weighted by Crippen LogP contribution is -2.41. The molecule has 0 amide bonds. The van der Waals surface area contributed by atoms with Crippen LogP contribution >= 0.6 is 0 Å². The molecule has 104 valence electrons. The lowest BCUT2D eigenvalue weighted by Gasteiger charge is -2.28. The van der Waals surface area contributed by atoms with Gasteiger partial charge in [-0.2, -0.15) is 5.10 Å². The molecule has 0 aliphatic heterocycles. The van der Waals surface area contributed by atoms with Gasteiger partial charge in [-0.05, 0) is 20.0 Å². The van der Waals surface area contributed by atoms with E-state index in [1.54, 1.807) is 4.68 Å². The van der Waals surface area contributed by atoms with Crippen molar-refractivity contribution >= 4 is 0 Å². The molecule has 0 spiro atoms. The van der Waals surface area contributed by atoms with Crippen LogP contribution < -0.4 is 5.32 Å². The van der Waals surface area contributed by atoms with Crippen LogP contribution in [0.1, 0.15) is 19.4 Å². The molecule has 0 radical (unpaired) electrons. The fraction of sp³-hybridized carbons (Fsp3) is 0.769. The maximum atomic E-state index is 8.82. The van der Waals surface area contributed by atoms with E-state index >= 15 is 0 Å². The minimum absolute atomic E-state index is 0.130. The summed E-state index contributed by atoms with van der Waals surface area (Å²) < 4.78 is 1.77. The third kappa shape index (κ3) is 4.76. The minimum Gasteiger partial charge on any atom is -0.394 e. The summed E-state index contributed by atoms with van der Waals surface area (Å²) in [6.45, 7) is 6.96. The van der Waals surface area contributed by atoms with E-state index in [9.17, 15) is 0 Å². The van der Waals surface area contributed by atoms with Gasteiger partial charge in [0.05, 0.1) is 19.3 Å². The number of aliphatic hydroxyl groups excluding tert-OH is 1. The highest BCUT2D eigenvalue weighted by molar-refractivity contribution is 5.03. The first-order valence-electron chi connectivity index (χ1n) is 6.54. The zero-order valence-corrected chi connectivity index (χ0v) is 11.9. The van der Waals surface area contributed by atoms with Crippen LogP contribution in [-0.4, -0.2) is 53.1 Å². The first-order chi connectivity index (χ1) is 8.54. The summed E-state index contributed by atoms with van der Waals surface area (Å²) in [5.74, 6) is 0.629. The van der Waals surface area contributed by atoms with Gasteiger partial charge in [0.25, 0.3) is 0 Å². The predicted octanol–water partition coefficient (Wildman–Crippen LogP) is 0.551. The van der Waals surface area contributed by atoms with E-state index in [1.807, 2.05) is 12.4 Å². The van der Waals surface area contributed by atoms with Crippen molar-refractivity contribution < 1.29 is 5.11 Å². The number of aliphatic hydroxyl groups is 1. The molecule has 2 N–H and O–H groups in total. The van der Waals surface area contributed by atoms with Gasteiger partial charge in [0.15, 0.2) is 0 Å². The Morgan fingerprint density at radius 1 is 1.44 bits per heavy atom. The van der Waals surface area contributed by atoms with Crippen LogP contribution in [-0.2, 0) is 13.1 Å². The van der Waals surface area contributed by atoms with Gasteiger partial charge >= 0.3 is 0 Å². The molecule has 5 nitrogen and oxygen atoms in total. The van der Waals surface area contributed by atoms with Crippen molar-refractivity contribution in [3.8, 4) is 0 Å². The molecule has 0 aliphatic carbocycles. The van der Waals surface area contributed by atoms with Gasteiger partial charge in [-0.25, -0.2) is 0 Å². The molecule has 5 heteroatoms. The van der Waals surface area contributed by atoms with Crippen LogP contribution in [0.4, 0.5) is 0 Å². The first kappa shape index (κ1) is 15.1. The highest BCUT2D eigenvalue weighted by Gasteiger charge is 2.14. The van der Waals surface area contributed by atoms with Crippen LogP contribution in [0.15, 0.2) is 12.4 Å². The summed E-state index contributed by atoms with van der Waals surface area (Å²) in [5.41, 5.74) is 1.16. The Balaban J connectivity index is 2.35. The lowest BCUT2D eigenvalue weighted by atomic mass is 10.0. The largest absolute Gasteiger partial charge is 0.394 e. The van der Waals surface area contributed by atoms with E-state index < -0.39 is 0 Å². The Morgan fingerprint density at radius 3 is 2.72 bits per heavy atom. The van der Waals surface area contributed by atoms with Crippen molar-refractivity contribution in [3.05, 3.63) is 18.0 Å². The van der Waals surface area contributed by atoms with Crippen LogP contribution in [0.3, 0.4) is 0 Å². The summed E-state index contributed by atoms with van der Waals surface area (Å²) in [6, 6.07) is 0.539. The Bertz CT molecular complexity index is 327. The van der Waals surface area contributed by atoms with E-state index in [0.717, 1.165) is 18.7 Å². The number of nitrogens with zero attached hydrogens (tertiary/aromatic N) is 3. The monoisotopic (exact) mass is 254 g/mol. The fourth-order valence-electron chi connectivity index (χ4n) is 2.10. The summed E-state index contributed by atoms with van der Waals surface area (Å²) in [4.78, 5) is 2.26. The molecule has 1 aromatic heterocycles. The van der Waals surface area contributed by atoms with Gasteiger partial charge in [0.2, 0.25) is 0 Å². The minimum atomic E-state index is 0.130. The molecular weight excluding hydrogens is 228 g/mol. The second-order valence-corrected chi connectivity index (χ2v) is 5.24. The summed E-state index contributed by atoms with van der Waals surface area (Å²) in [6.07, 6.45) is 3.83. The van der Waals surface area contributed by atoms with Crippen LogP contribution in [0.25, 0.3) is 0 Å². The number of nitrogens with one attached hydrogen (secondary N) is 1. The molecular formula is C13H26N4O. The van der Waals surface area contributed by atoms with E-state index in [2.05, 4.69) is 43.3 Å². The van der Waals surface area contributed by atoms with Crippen molar-refractivity contribution in [2.45, 2.75) is 33.0 Å². The molecule has 1 aromatic rings.